The van der Waals surface area contributed by atoms with Crippen molar-refractivity contribution in [2.24, 2.45) is 11.8 Å². The summed E-state index contributed by atoms with van der Waals surface area (Å²) in [5, 5.41) is 10.7. The van der Waals surface area contributed by atoms with Gasteiger partial charge in [-0.15, -0.1) is 0 Å². The molecular weight excluding hydrogens is 339 g/mol. The molecule has 1 fully saturated rings. The van der Waals surface area contributed by atoms with Gasteiger partial charge in [-0.1, -0.05) is 29.8 Å². The molecular formula is C21H18ClFO2. The van der Waals surface area contributed by atoms with Crippen LogP contribution in [0.25, 0.3) is 16.7 Å². The lowest BCUT2D eigenvalue weighted by atomic mass is 9.81. The highest BCUT2D eigenvalue weighted by atomic mass is 35.5. The molecule has 2 aromatic rings. The minimum Gasteiger partial charge on any atom is -0.511 e. The quantitative estimate of drug-likeness (QED) is 0.746. The Hall–Kier alpha value is -2.13. The summed E-state index contributed by atoms with van der Waals surface area (Å²) in [7, 11) is 0. The number of hydrogen-bond donors (Lipinski definition) is 1. The molecule has 2 atom stereocenters. The van der Waals surface area contributed by atoms with Crippen LogP contribution in [0.4, 0.5) is 4.39 Å². The molecule has 0 heterocycles. The molecule has 128 valence electrons. The maximum Gasteiger partial charge on any atom is 0.169 e. The zero-order chi connectivity index (χ0) is 17.7. The molecule has 2 aliphatic carbocycles. The van der Waals surface area contributed by atoms with Crippen LogP contribution in [0.3, 0.4) is 0 Å². The SMILES string of the molecule is Cc1ccc(-c2ccc(Cl)c(F)c2)cc1C1=C(O)[C@@H]2CC[C@@H](C2)C1=O. The van der Waals surface area contributed by atoms with Gasteiger partial charge in [-0.2, -0.15) is 0 Å². The Morgan fingerprint density at radius 1 is 1.08 bits per heavy atom. The molecule has 0 aromatic heterocycles. The van der Waals surface area contributed by atoms with Crippen molar-refractivity contribution in [3.05, 3.63) is 64.1 Å². The van der Waals surface area contributed by atoms with E-state index in [0.29, 0.717) is 11.1 Å². The van der Waals surface area contributed by atoms with E-state index in [4.69, 9.17) is 11.6 Å². The first-order chi connectivity index (χ1) is 12.0. The Labute approximate surface area is 150 Å². The van der Waals surface area contributed by atoms with Crippen LogP contribution in [0.15, 0.2) is 42.2 Å². The number of ketones is 1. The highest BCUT2D eigenvalue weighted by molar-refractivity contribution is 6.30. The van der Waals surface area contributed by atoms with Crippen molar-refractivity contribution in [2.75, 3.05) is 0 Å². The van der Waals surface area contributed by atoms with E-state index in [1.807, 2.05) is 25.1 Å². The Morgan fingerprint density at radius 2 is 1.76 bits per heavy atom. The lowest BCUT2D eigenvalue weighted by Crippen LogP contribution is -2.21. The maximum atomic E-state index is 13.8. The van der Waals surface area contributed by atoms with E-state index in [1.165, 1.54) is 12.1 Å². The predicted octanol–water partition coefficient (Wildman–Crippen LogP) is 5.72. The first-order valence-electron chi connectivity index (χ1n) is 8.49. The number of aryl methyl sites for hydroxylation is 1. The second-order valence-corrected chi connectivity index (χ2v) is 7.40. The molecule has 2 aromatic carbocycles. The van der Waals surface area contributed by atoms with Crippen LogP contribution in [-0.2, 0) is 4.79 Å². The second kappa shape index (κ2) is 5.99. The number of halogens is 2. The second-order valence-electron chi connectivity index (χ2n) is 6.99. The standard InChI is InChI=1S/C21H18ClFO2/c1-11-2-3-12(13-6-7-17(22)18(23)10-13)9-16(11)19-20(24)14-4-5-15(8-14)21(19)25/h2-3,6-7,9-10,14-15,24H,4-5,8H2,1H3/t14-,15+/m1/s1. The van der Waals surface area contributed by atoms with Crippen molar-refractivity contribution in [1.29, 1.82) is 0 Å². The van der Waals surface area contributed by atoms with Crippen LogP contribution in [0.5, 0.6) is 0 Å². The van der Waals surface area contributed by atoms with E-state index in [9.17, 15) is 14.3 Å². The number of Topliss-reactive ketones (excluding diaryl/α,β-unsaturated/α-hetero) is 1. The molecule has 4 heteroatoms. The summed E-state index contributed by atoms with van der Waals surface area (Å²) in [6.07, 6.45) is 2.47. The summed E-state index contributed by atoms with van der Waals surface area (Å²) in [6, 6.07) is 10.3. The van der Waals surface area contributed by atoms with E-state index in [-0.39, 0.29) is 28.4 Å². The number of aliphatic hydroxyl groups is 1. The smallest absolute Gasteiger partial charge is 0.169 e. The molecule has 0 unspecified atom stereocenters. The van der Waals surface area contributed by atoms with Gasteiger partial charge in [0.2, 0.25) is 0 Å². The molecule has 0 saturated heterocycles. The van der Waals surface area contributed by atoms with Gasteiger partial charge in [-0.25, -0.2) is 4.39 Å². The van der Waals surface area contributed by atoms with Crippen LogP contribution < -0.4 is 0 Å². The van der Waals surface area contributed by atoms with Crippen molar-refractivity contribution in [2.45, 2.75) is 26.2 Å². The van der Waals surface area contributed by atoms with Crippen LogP contribution in [0, 0.1) is 24.6 Å². The number of aliphatic hydroxyl groups excluding tert-OH is 1. The van der Waals surface area contributed by atoms with E-state index in [1.54, 1.807) is 6.07 Å². The van der Waals surface area contributed by atoms with E-state index >= 15 is 0 Å². The summed E-state index contributed by atoms with van der Waals surface area (Å²) in [6.45, 7) is 1.92. The fourth-order valence-electron chi connectivity index (χ4n) is 4.02. The van der Waals surface area contributed by atoms with Gasteiger partial charge in [0.25, 0.3) is 0 Å². The number of fused-ring (bicyclic) bond motifs is 2. The average molecular weight is 357 g/mol. The van der Waals surface area contributed by atoms with E-state index in [2.05, 4.69) is 0 Å². The largest absolute Gasteiger partial charge is 0.511 e. The van der Waals surface area contributed by atoms with Crippen LogP contribution in [0.2, 0.25) is 5.02 Å². The molecule has 2 aliphatic rings. The van der Waals surface area contributed by atoms with Crippen molar-refractivity contribution < 1.29 is 14.3 Å². The summed E-state index contributed by atoms with van der Waals surface area (Å²) in [5.74, 6) is -0.106. The Kier molecular flexibility index (Phi) is 3.92. The normalized spacial score (nSPS) is 22.6. The number of hydrogen-bond acceptors (Lipinski definition) is 2. The van der Waals surface area contributed by atoms with Gasteiger partial charge < -0.3 is 5.11 Å². The highest BCUT2D eigenvalue weighted by Gasteiger charge is 2.41. The first-order valence-corrected chi connectivity index (χ1v) is 8.87. The lowest BCUT2D eigenvalue weighted by Gasteiger charge is -2.23. The van der Waals surface area contributed by atoms with Gasteiger partial charge in [-0.3, -0.25) is 4.79 Å². The Morgan fingerprint density at radius 3 is 2.52 bits per heavy atom. The van der Waals surface area contributed by atoms with Gasteiger partial charge in [0.15, 0.2) is 5.78 Å². The molecule has 1 N–H and O–H groups in total. The third-order valence-electron chi connectivity index (χ3n) is 5.45. The number of carbonyl (C=O) groups is 1. The van der Waals surface area contributed by atoms with Crippen molar-refractivity contribution in [3.63, 3.8) is 0 Å². The van der Waals surface area contributed by atoms with Gasteiger partial charge in [0, 0.05) is 11.8 Å². The molecule has 0 spiro atoms. The van der Waals surface area contributed by atoms with Crippen molar-refractivity contribution in [3.8, 4) is 11.1 Å². The van der Waals surface area contributed by atoms with Gasteiger partial charge in [0.1, 0.15) is 11.6 Å². The maximum absolute atomic E-state index is 13.8. The van der Waals surface area contributed by atoms with Gasteiger partial charge in [0.05, 0.1) is 10.6 Å². The highest BCUT2D eigenvalue weighted by Crippen LogP contribution is 2.46. The van der Waals surface area contributed by atoms with Crippen LogP contribution in [-0.4, -0.2) is 10.9 Å². The minimum atomic E-state index is -0.477. The summed E-state index contributed by atoms with van der Waals surface area (Å²) in [4.78, 5) is 12.8. The number of benzene rings is 2. The third kappa shape index (κ3) is 2.67. The fourth-order valence-corrected chi connectivity index (χ4v) is 4.14. The van der Waals surface area contributed by atoms with Gasteiger partial charge in [-0.05, 0) is 66.6 Å². The van der Waals surface area contributed by atoms with Gasteiger partial charge >= 0.3 is 0 Å². The average Bonchev–Trinajstić information content (AvgIpc) is 3.05. The molecule has 1 saturated carbocycles. The minimum absolute atomic E-state index is 0.0203. The van der Waals surface area contributed by atoms with Crippen LogP contribution >= 0.6 is 11.6 Å². The lowest BCUT2D eigenvalue weighted by molar-refractivity contribution is -0.117. The molecule has 0 aliphatic heterocycles. The molecule has 0 amide bonds. The Balaban J connectivity index is 1.84. The topological polar surface area (TPSA) is 37.3 Å². The van der Waals surface area contributed by atoms with E-state index < -0.39 is 5.82 Å². The first kappa shape index (κ1) is 16.3. The predicted molar refractivity (Wildman–Crippen MR) is 97.0 cm³/mol. The summed E-state index contributed by atoms with van der Waals surface area (Å²) in [5.41, 5.74) is 3.60. The molecule has 2 nitrogen and oxygen atoms in total. The monoisotopic (exact) mass is 356 g/mol. The molecule has 0 radical (unpaired) electrons. The van der Waals surface area contributed by atoms with Crippen molar-refractivity contribution in [1.82, 2.24) is 0 Å². The van der Waals surface area contributed by atoms with E-state index in [0.717, 1.165) is 36.0 Å². The van der Waals surface area contributed by atoms with Crippen molar-refractivity contribution >= 4 is 23.0 Å². The summed E-state index contributed by atoms with van der Waals surface area (Å²) < 4.78 is 13.8. The number of carbonyl (C=O) groups excluding carboxylic acids is 1. The zero-order valence-corrected chi connectivity index (χ0v) is 14.6. The van der Waals surface area contributed by atoms with Crippen LogP contribution in [0.1, 0.15) is 30.4 Å². The molecule has 4 rings (SSSR count). The number of rotatable bonds is 2. The zero-order valence-electron chi connectivity index (χ0n) is 13.9. The fraction of sp³-hybridized carbons (Fsp3) is 0.286. The Bertz CT molecular complexity index is 916. The summed E-state index contributed by atoms with van der Waals surface area (Å²) >= 11 is 5.76. The third-order valence-corrected chi connectivity index (χ3v) is 5.76. The molecule has 25 heavy (non-hydrogen) atoms. The molecule has 2 bridgehead atoms. The number of allylic oxidation sites excluding steroid dienone is 2.